The number of hydrogen-bond acceptors (Lipinski definition) is 5. The van der Waals surface area contributed by atoms with Crippen molar-refractivity contribution in [1.29, 1.82) is 0 Å². The van der Waals surface area contributed by atoms with Crippen LogP contribution in [0.15, 0.2) is 21.5 Å². The third-order valence-corrected chi connectivity index (χ3v) is 5.99. The molecule has 1 aromatic rings. The van der Waals surface area contributed by atoms with Crippen molar-refractivity contribution >= 4 is 31.6 Å². The van der Waals surface area contributed by atoms with Crippen molar-refractivity contribution in [3.05, 3.63) is 32.3 Å². The lowest BCUT2D eigenvalue weighted by atomic mass is 10.0. The van der Waals surface area contributed by atoms with Gasteiger partial charge >= 0.3 is 0 Å². The van der Waals surface area contributed by atoms with Crippen LogP contribution in [-0.2, 0) is 10.0 Å². The maximum Gasteiger partial charge on any atom is 0.274 e. The van der Waals surface area contributed by atoms with Gasteiger partial charge in [0, 0.05) is 22.6 Å². The van der Waals surface area contributed by atoms with E-state index in [-0.39, 0.29) is 16.5 Å². The van der Waals surface area contributed by atoms with E-state index in [1.54, 1.807) is 6.92 Å². The van der Waals surface area contributed by atoms with Gasteiger partial charge in [-0.2, -0.15) is 0 Å². The average Bonchev–Trinajstić information content (AvgIpc) is 2.48. The minimum atomic E-state index is -3.77. The summed E-state index contributed by atoms with van der Waals surface area (Å²) in [7, 11) is -3.77. The Hall–Kier alpha value is -1.03. The van der Waals surface area contributed by atoms with Crippen molar-refractivity contribution in [2.75, 3.05) is 19.6 Å². The van der Waals surface area contributed by atoms with Crippen LogP contribution in [-0.4, -0.2) is 33.0 Å². The van der Waals surface area contributed by atoms with Crippen LogP contribution in [0.4, 0.5) is 5.69 Å². The predicted octanol–water partition coefficient (Wildman–Crippen LogP) is 1.94. The van der Waals surface area contributed by atoms with Gasteiger partial charge in [-0.05, 0) is 44.8 Å². The summed E-state index contributed by atoms with van der Waals surface area (Å²) in [5, 5.41) is 14.2. The van der Waals surface area contributed by atoms with Crippen LogP contribution >= 0.6 is 15.9 Å². The summed E-state index contributed by atoms with van der Waals surface area (Å²) in [6, 6.07) is 2.49. The lowest BCUT2D eigenvalue weighted by Gasteiger charge is -2.22. The molecule has 1 saturated heterocycles. The van der Waals surface area contributed by atoms with Crippen LogP contribution in [0.2, 0.25) is 0 Å². The van der Waals surface area contributed by atoms with Crippen molar-refractivity contribution in [3.63, 3.8) is 0 Å². The number of hydrogen-bond donors (Lipinski definition) is 2. The van der Waals surface area contributed by atoms with E-state index in [0.717, 1.165) is 32.0 Å². The molecule has 0 spiro atoms. The highest BCUT2D eigenvalue weighted by Gasteiger charge is 2.23. The molecule has 0 radical (unpaired) electrons. The van der Waals surface area contributed by atoms with E-state index in [4.69, 9.17) is 0 Å². The Morgan fingerprint density at radius 2 is 2.23 bits per heavy atom. The Bertz CT molecular complexity index is 672. The van der Waals surface area contributed by atoms with Crippen molar-refractivity contribution < 1.29 is 13.3 Å². The zero-order valence-corrected chi connectivity index (χ0v) is 14.5. The van der Waals surface area contributed by atoms with Crippen molar-refractivity contribution in [3.8, 4) is 0 Å². The normalized spacial score (nSPS) is 19.1. The van der Waals surface area contributed by atoms with Crippen LogP contribution in [0, 0.1) is 23.0 Å². The second kappa shape index (κ2) is 7.03. The first-order valence-corrected chi connectivity index (χ1v) is 9.24. The summed E-state index contributed by atoms with van der Waals surface area (Å²) in [6.07, 6.45) is 1.99. The molecule has 1 aromatic carbocycles. The maximum atomic E-state index is 12.3. The van der Waals surface area contributed by atoms with Crippen LogP contribution < -0.4 is 10.0 Å². The standard InChI is InChI=1S/C13H18BrN3O4S/c1-9-12(14)5-11(6-13(9)17(18)19)22(20,21)16-8-10-3-2-4-15-7-10/h5-6,10,15-16H,2-4,7-8H2,1H3. The molecule has 122 valence electrons. The lowest BCUT2D eigenvalue weighted by Crippen LogP contribution is -2.38. The van der Waals surface area contributed by atoms with E-state index in [1.165, 1.54) is 6.07 Å². The topological polar surface area (TPSA) is 101 Å². The molecule has 7 nitrogen and oxygen atoms in total. The minimum absolute atomic E-state index is 0.0968. The molecule has 0 amide bonds. The van der Waals surface area contributed by atoms with Gasteiger partial charge in [-0.15, -0.1) is 0 Å². The molecule has 0 aliphatic carbocycles. The third-order valence-electron chi connectivity index (χ3n) is 3.76. The van der Waals surface area contributed by atoms with Gasteiger partial charge in [0.1, 0.15) is 0 Å². The minimum Gasteiger partial charge on any atom is -0.316 e. The van der Waals surface area contributed by atoms with Gasteiger partial charge in [0.15, 0.2) is 0 Å². The van der Waals surface area contributed by atoms with Crippen molar-refractivity contribution in [1.82, 2.24) is 10.0 Å². The number of benzene rings is 1. The highest BCUT2D eigenvalue weighted by atomic mass is 79.9. The van der Waals surface area contributed by atoms with Gasteiger partial charge in [-0.25, -0.2) is 13.1 Å². The molecule has 1 heterocycles. The number of nitrogens with one attached hydrogen (secondary N) is 2. The van der Waals surface area contributed by atoms with E-state index in [2.05, 4.69) is 26.0 Å². The van der Waals surface area contributed by atoms with Gasteiger partial charge in [0.25, 0.3) is 5.69 Å². The van der Waals surface area contributed by atoms with E-state index in [1.807, 2.05) is 0 Å². The van der Waals surface area contributed by atoms with E-state index < -0.39 is 14.9 Å². The molecule has 1 unspecified atom stereocenters. The number of halogens is 1. The quantitative estimate of drug-likeness (QED) is 0.589. The fraction of sp³-hybridized carbons (Fsp3) is 0.538. The van der Waals surface area contributed by atoms with E-state index in [9.17, 15) is 18.5 Å². The lowest BCUT2D eigenvalue weighted by molar-refractivity contribution is -0.385. The Morgan fingerprint density at radius 1 is 1.50 bits per heavy atom. The number of nitro groups is 1. The number of nitro benzene ring substituents is 1. The number of rotatable bonds is 5. The molecule has 2 N–H and O–H groups in total. The number of sulfonamides is 1. The summed E-state index contributed by atoms with van der Waals surface area (Å²) in [5.74, 6) is 0.243. The highest BCUT2D eigenvalue weighted by molar-refractivity contribution is 9.10. The summed E-state index contributed by atoms with van der Waals surface area (Å²) in [6.45, 7) is 3.63. The van der Waals surface area contributed by atoms with Crippen LogP contribution in [0.25, 0.3) is 0 Å². The van der Waals surface area contributed by atoms with E-state index in [0.29, 0.717) is 16.6 Å². The van der Waals surface area contributed by atoms with Crippen molar-refractivity contribution in [2.45, 2.75) is 24.7 Å². The van der Waals surface area contributed by atoms with Crippen LogP contribution in [0.3, 0.4) is 0 Å². The molecule has 2 rings (SSSR count). The largest absolute Gasteiger partial charge is 0.316 e. The first-order valence-electron chi connectivity index (χ1n) is 6.96. The van der Waals surface area contributed by atoms with Gasteiger partial charge in [0.05, 0.1) is 9.82 Å². The highest BCUT2D eigenvalue weighted by Crippen LogP contribution is 2.29. The van der Waals surface area contributed by atoms with Crippen molar-refractivity contribution in [2.24, 2.45) is 5.92 Å². The molecule has 0 aromatic heterocycles. The fourth-order valence-corrected chi connectivity index (χ4v) is 4.16. The summed E-state index contributed by atoms with van der Waals surface area (Å²) < 4.78 is 27.6. The average molecular weight is 392 g/mol. The molecule has 9 heteroatoms. The molecule has 22 heavy (non-hydrogen) atoms. The smallest absolute Gasteiger partial charge is 0.274 e. The monoisotopic (exact) mass is 391 g/mol. The zero-order chi connectivity index (χ0) is 16.3. The van der Waals surface area contributed by atoms with E-state index >= 15 is 0 Å². The molecule has 1 fully saturated rings. The Kier molecular flexibility index (Phi) is 5.54. The van der Waals surface area contributed by atoms with Gasteiger partial charge in [-0.3, -0.25) is 10.1 Å². The molecule has 1 atom stereocenters. The number of nitrogens with zero attached hydrogens (tertiary/aromatic N) is 1. The van der Waals surface area contributed by atoms with Gasteiger partial charge in [0.2, 0.25) is 10.0 Å². The summed E-state index contributed by atoms with van der Waals surface area (Å²) in [5.41, 5.74) is 0.189. The molecule has 1 aliphatic heterocycles. The summed E-state index contributed by atoms with van der Waals surface area (Å²) >= 11 is 3.18. The number of piperidine rings is 1. The zero-order valence-electron chi connectivity index (χ0n) is 12.1. The second-order valence-corrected chi connectivity index (χ2v) is 7.99. The molecular weight excluding hydrogens is 374 g/mol. The third kappa shape index (κ3) is 4.03. The molecule has 0 bridgehead atoms. The Balaban J connectivity index is 2.19. The Labute approximate surface area is 137 Å². The van der Waals surface area contributed by atoms with Crippen LogP contribution in [0.5, 0.6) is 0 Å². The fourth-order valence-electron chi connectivity index (χ4n) is 2.39. The van der Waals surface area contributed by atoms with Gasteiger partial charge in [-0.1, -0.05) is 15.9 Å². The predicted molar refractivity (Wildman–Crippen MR) is 86.3 cm³/mol. The summed E-state index contributed by atoms with van der Waals surface area (Å²) in [4.78, 5) is 10.3. The molecule has 0 saturated carbocycles. The SMILES string of the molecule is Cc1c(Br)cc(S(=O)(=O)NCC2CCCNC2)cc1[N+](=O)[O-]. The first kappa shape index (κ1) is 17.3. The molecular formula is C13H18BrN3O4S. The molecule has 1 aliphatic rings. The first-order chi connectivity index (χ1) is 10.3. The van der Waals surface area contributed by atoms with Crippen LogP contribution in [0.1, 0.15) is 18.4 Å². The Morgan fingerprint density at radius 3 is 2.82 bits per heavy atom. The maximum absolute atomic E-state index is 12.3. The second-order valence-electron chi connectivity index (χ2n) is 5.37. The van der Waals surface area contributed by atoms with Gasteiger partial charge < -0.3 is 5.32 Å².